The molecule has 0 radical (unpaired) electrons. The van der Waals surface area contributed by atoms with Gasteiger partial charge in [-0.25, -0.2) is 0 Å². The first-order valence-electron chi connectivity index (χ1n) is 7.17. The highest BCUT2D eigenvalue weighted by Crippen LogP contribution is 2.21. The molecule has 0 aromatic heterocycles. The second-order valence-electron chi connectivity index (χ2n) is 5.50. The van der Waals surface area contributed by atoms with Gasteiger partial charge >= 0.3 is 11.9 Å². The van der Waals surface area contributed by atoms with Gasteiger partial charge in [0, 0.05) is 0 Å². The van der Waals surface area contributed by atoms with E-state index in [0.717, 1.165) is 0 Å². The Balaban J connectivity index is 3.32. The van der Waals surface area contributed by atoms with Crippen LogP contribution in [0.2, 0.25) is 0 Å². The molecule has 0 aliphatic rings. The molecule has 10 heteroatoms. The van der Waals surface area contributed by atoms with Crippen molar-refractivity contribution in [2.45, 2.75) is 36.3 Å². The Hall–Kier alpha value is 0.520. The number of rotatable bonds is 13. The van der Waals surface area contributed by atoms with Crippen molar-refractivity contribution >= 4 is 65.4 Å². The molecular formula is C14H24Br2O6S2. The minimum Gasteiger partial charge on any atom is -0.462 e. The monoisotopic (exact) mass is 510 g/mol. The molecule has 0 amide bonds. The maximum atomic E-state index is 11.4. The van der Waals surface area contributed by atoms with Gasteiger partial charge in [0.15, 0.2) is 0 Å². The second-order valence-corrected chi connectivity index (χ2v) is 11.8. The van der Waals surface area contributed by atoms with Crippen LogP contribution < -0.4 is 0 Å². The van der Waals surface area contributed by atoms with Crippen LogP contribution in [0.5, 0.6) is 0 Å². The quantitative estimate of drug-likeness (QED) is 0.122. The van der Waals surface area contributed by atoms with Gasteiger partial charge < -0.3 is 18.9 Å². The first-order valence-corrected chi connectivity index (χ1v) is 11.2. The van der Waals surface area contributed by atoms with E-state index in [1.54, 1.807) is 27.7 Å². The summed E-state index contributed by atoms with van der Waals surface area (Å²) >= 11 is 6.45. The van der Waals surface area contributed by atoms with Crippen molar-refractivity contribution in [2.75, 3.05) is 38.3 Å². The lowest BCUT2D eigenvalue weighted by Crippen LogP contribution is -2.27. The van der Waals surface area contributed by atoms with Crippen molar-refractivity contribution in [1.82, 2.24) is 0 Å². The minimum atomic E-state index is -0.673. The summed E-state index contributed by atoms with van der Waals surface area (Å²) < 4.78 is 19.3. The number of hydrogen-bond acceptors (Lipinski definition) is 8. The molecule has 0 fully saturated rings. The molecule has 0 unspecified atom stereocenters. The van der Waals surface area contributed by atoms with Crippen LogP contribution in [-0.2, 0) is 28.5 Å². The molecule has 0 atom stereocenters. The third-order valence-electron chi connectivity index (χ3n) is 2.24. The van der Waals surface area contributed by atoms with E-state index in [0.29, 0.717) is 25.1 Å². The van der Waals surface area contributed by atoms with E-state index in [1.165, 1.54) is 21.6 Å². The van der Waals surface area contributed by atoms with E-state index < -0.39 is 8.65 Å². The molecule has 0 aromatic carbocycles. The number of hydrogen-bond donors (Lipinski definition) is 0. The normalized spacial score (nSPS) is 12.1. The average Bonchev–Trinajstić information content (AvgIpc) is 2.45. The van der Waals surface area contributed by atoms with Crippen molar-refractivity contribution in [3.8, 4) is 0 Å². The van der Waals surface area contributed by atoms with Crippen LogP contribution in [0, 0.1) is 0 Å². The van der Waals surface area contributed by atoms with E-state index in [2.05, 4.69) is 31.9 Å². The molecule has 0 N–H and O–H groups in total. The molecular weight excluding hydrogens is 488 g/mol. The number of ether oxygens (including phenoxy) is 4. The fraction of sp³-hybridized carbons (Fsp3) is 0.857. The number of carbonyl (C=O) groups excluding carboxylic acids is 2. The fourth-order valence-corrected chi connectivity index (χ4v) is 2.54. The molecule has 0 bridgehead atoms. The van der Waals surface area contributed by atoms with E-state index in [-0.39, 0.29) is 25.2 Å². The van der Waals surface area contributed by atoms with Crippen molar-refractivity contribution in [2.24, 2.45) is 0 Å². The Morgan fingerprint density at radius 1 is 0.750 bits per heavy atom. The molecule has 24 heavy (non-hydrogen) atoms. The van der Waals surface area contributed by atoms with Gasteiger partial charge in [-0.1, -0.05) is 53.4 Å². The zero-order valence-corrected chi connectivity index (χ0v) is 19.1. The van der Waals surface area contributed by atoms with E-state index in [1.807, 2.05) is 0 Å². The maximum absolute atomic E-state index is 11.4. The average molecular weight is 512 g/mol. The Morgan fingerprint density at radius 2 is 1.08 bits per heavy atom. The smallest absolute Gasteiger partial charge is 0.322 e. The molecule has 6 nitrogen and oxygen atoms in total. The lowest BCUT2D eigenvalue weighted by Gasteiger charge is -2.14. The highest BCUT2D eigenvalue weighted by Gasteiger charge is 2.25. The maximum Gasteiger partial charge on any atom is 0.322 e. The van der Waals surface area contributed by atoms with Crippen LogP contribution in [0.3, 0.4) is 0 Å². The van der Waals surface area contributed by atoms with Crippen molar-refractivity contribution in [3.05, 3.63) is 0 Å². The molecule has 0 aliphatic heterocycles. The largest absolute Gasteiger partial charge is 0.462 e. The zero-order valence-electron chi connectivity index (χ0n) is 14.3. The van der Waals surface area contributed by atoms with Crippen molar-refractivity contribution in [1.29, 1.82) is 0 Å². The summed E-state index contributed by atoms with van der Waals surface area (Å²) in [5, 5.41) is 0. The van der Waals surface area contributed by atoms with Crippen LogP contribution in [-0.4, -0.2) is 58.9 Å². The predicted octanol–water partition coefficient (Wildman–Crippen LogP) is 3.75. The van der Waals surface area contributed by atoms with Gasteiger partial charge in [-0.15, -0.1) is 0 Å². The number of alkyl halides is 2. The first-order chi connectivity index (χ1) is 11.0. The summed E-state index contributed by atoms with van der Waals surface area (Å²) in [5.41, 5.74) is 0. The second kappa shape index (κ2) is 12.8. The zero-order chi connectivity index (χ0) is 18.6. The third kappa shape index (κ3) is 13.8. The van der Waals surface area contributed by atoms with Gasteiger partial charge in [-0.2, -0.15) is 0 Å². The Bertz CT molecular complexity index is 346. The summed E-state index contributed by atoms with van der Waals surface area (Å²) in [6.45, 7) is 8.06. The molecule has 0 heterocycles. The molecule has 0 aromatic rings. The molecule has 142 valence electrons. The Kier molecular flexibility index (Phi) is 13.1. The summed E-state index contributed by atoms with van der Waals surface area (Å²) in [6, 6.07) is 0. The van der Waals surface area contributed by atoms with Gasteiger partial charge in [-0.05, 0) is 27.7 Å². The van der Waals surface area contributed by atoms with Crippen LogP contribution in [0.4, 0.5) is 0 Å². The van der Waals surface area contributed by atoms with Crippen LogP contribution >= 0.6 is 53.4 Å². The number of carbonyl (C=O) groups is 2. The highest BCUT2D eigenvalue weighted by molar-refractivity contribution is 9.10. The van der Waals surface area contributed by atoms with Gasteiger partial charge in [-0.3, -0.25) is 9.59 Å². The Morgan fingerprint density at radius 3 is 1.38 bits per heavy atom. The summed E-state index contributed by atoms with van der Waals surface area (Å²) in [7, 11) is 2.98. The van der Waals surface area contributed by atoms with E-state index >= 15 is 0 Å². The third-order valence-corrected chi connectivity index (χ3v) is 4.66. The highest BCUT2D eigenvalue weighted by atomic mass is 79.9. The lowest BCUT2D eigenvalue weighted by molar-refractivity contribution is -0.147. The number of halogens is 2. The van der Waals surface area contributed by atoms with E-state index in [4.69, 9.17) is 18.9 Å². The summed E-state index contributed by atoms with van der Waals surface area (Å²) in [5.74, 6) is 0.308. The van der Waals surface area contributed by atoms with Crippen LogP contribution in [0.25, 0.3) is 0 Å². The standard InChI is InChI=1S/C14H24Br2O6S2/c1-13(2,15)11(17)21-7-5-19-9-23-24-10-20-6-8-22-12(18)14(3,4)16/h5-10H2,1-4H3. The SMILES string of the molecule is CC(C)(Br)C(=O)OCCOCSSCOCCOC(=O)C(C)(C)Br. The Labute approximate surface area is 168 Å². The van der Waals surface area contributed by atoms with Gasteiger partial charge in [0.1, 0.15) is 33.7 Å². The van der Waals surface area contributed by atoms with Crippen molar-refractivity contribution < 1.29 is 28.5 Å². The van der Waals surface area contributed by atoms with Gasteiger partial charge in [0.25, 0.3) is 0 Å². The van der Waals surface area contributed by atoms with Gasteiger partial charge in [0.2, 0.25) is 0 Å². The minimum absolute atomic E-state index is 0.227. The van der Waals surface area contributed by atoms with Crippen molar-refractivity contribution in [3.63, 3.8) is 0 Å². The fourth-order valence-electron chi connectivity index (χ4n) is 0.984. The molecule has 0 saturated carbocycles. The molecule has 0 aliphatic carbocycles. The van der Waals surface area contributed by atoms with Crippen LogP contribution in [0.1, 0.15) is 27.7 Å². The predicted molar refractivity (Wildman–Crippen MR) is 105 cm³/mol. The topological polar surface area (TPSA) is 71.1 Å². The number of esters is 2. The first kappa shape index (κ1) is 24.5. The lowest BCUT2D eigenvalue weighted by atomic mass is 10.2. The summed E-state index contributed by atoms with van der Waals surface area (Å²) in [6.07, 6.45) is 0. The van der Waals surface area contributed by atoms with E-state index in [9.17, 15) is 9.59 Å². The molecule has 0 spiro atoms. The molecule has 0 rings (SSSR count). The van der Waals surface area contributed by atoms with Gasteiger partial charge in [0.05, 0.1) is 13.2 Å². The summed E-state index contributed by atoms with van der Waals surface area (Å²) in [4.78, 5) is 22.9. The van der Waals surface area contributed by atoms with Crippen LogP contribution in [0.15, 0.2) is 0 Å². The molecule has 0 saturated heterocycles.